The zero-order chi connectivity index (χ0) is 13.8. The van der Waals surface area contributed by atoms with Crippen LogP contribution in [0, 0.1) is 13.8 Å². The van der Waals surface area contributed by atoms with Gasteiger partial charge in [0, 0.05) is 5.69 Å². The first-order valence-corrected chi connectivity index (χ1v) is 6.20. The number of nitrogens with zero attached hydrogens (tertiary/aromatic N) is 1. The number of carbonyl (C=O) groups excluding carboxylic acids is 1. The molecule has 0 aliphatic rings. The van der Waals surface area contributed by atoms with E-state index in [1.807, 2.05) is 44.2 Å². The summed E-state index contributed by atoms with van der Waals surface area (Å²) in [5, 5.41) is 6.03. The van der Waals surface area contributed by atoms with Crippen LogP contribution in [-0.2, 0) is 0 Å². The molecule has 2 aromatic rings. The van der Waals surface area contributed by atoms with Crippen LogP contribution in [0.5, 0.6) is 0 Å². The van der Waals surface area contributed by atoms with Crippen LogP contribution in [0.1, 0.15) is 11.3 Å². The number of anilines is 2. The van der Waals surface area contributed by atoms with Crippen molar-refractivity contribution in [2.24, 2.45) is 0 Å². The summed E-state index contributed by atoms with van der Waals surface area (Å²) in [5.41, 5.74) is 2.87. The average Bonchev–Trinajstić information content (AvgIpc) is 2.41. The molecule has 0 radical (unpaired) electrons. The summed E-state index contributed by atoms with van der Waals surface area (Å²) < 4.78 is 0. The quantitative estimate of drug-likeness (QED) is 0.870. The lowest BCUT2D eigenvalue weighted by Gasteiger charge is -2.11. The summed E-state index contributed by atoms with van der Waals surface area (Å²) in [6, 6.07) is 8.89. The van der Waals surface area contributed by atoms with Crippen LogP contribution in [0.15, 0.2) is 36.5 Å². The maximum atomic E-state index is 11.8. The number of aryl methyl sites for hydroxylation is 1. The number of amides is 2. The molecule has 1 heterocycles. The van der Waals surface area contributed by atoms with Crippen molar-refractivity contribution >= 4 is 29.0 Å². The third-order valence-electron chi connectivity index (χ3n) is 2.72. The van der Waals surface area contributed by atoms with Crippen molar-refractivity contribution in [3.8, 4) is 0 Å². The highest BCUT2D eigenvalue weighted by Gasteiger charge is 2.09. The van der Waals surface area contributed by atoms with Crippen molar-refractivity contribution in [3.63, 3.8) is 0 Å². The van der Waals surface area contributed by atoms with Crippen molar-refractivity contribution < 1.29 is 4.79 Å². The maximum absolute atomic E-state index is 11.8. The van der Waals surface area contributed by atoms with Gasteiger partial charge in [0.2, 0.25) is 0 Å². The number of rotatable bonds is 2. The first kappa shape index (κ1) is 13.4. The van der Waals surface area contributed by atoms with Crippen molar-refractivity contribution in [3.05, 3.63) is 52.8 Å². The van der Waals surface area contributed by atoms with E-state index in [9.17, 15) is 4.79 Å². The minimum absolute atomic E-state index is 0.323. The number of carbonyl (C=O) groups is 1. The summed E-state index contributed by atoms with van der Waals surface area (Å²) in [4.78, 5) is 16.0. The molecule has 2 amide bonds. The molecule has 2 N–H and O–H groups in total. The number of benzene rings is 1. The Morgan fingerprint density at radius 2 is 1.84 bits per heavy atom. The molecule has 2 rings (SSSR count). The van der Waals surface area contributed by atoms with Crippen LogP contribution in [0.2, 0.25) is 5.02 Å². The normalized spacial score (nSPS) is 10.1. The van der Waals surface area contributed by atoms with Gasteiger partial charge in [0.15, 0.2) is 0 Å². The molecule has 0 saturated heterocycles. The highest BCUT2D eigenvalue weighted by atomic mass is 35.5. The smallest absolute Gasteiger partial charge is 0.308 e. The van der Waals surface area contributed by atoms with Crippen molar-refractivity contribution in [1.82, 2.24) is 4.98 Å². The van der Waals surface area contributed by atoms with Gasteiger partial charge in [0.05, 0.1) is 22.6 Å². The second kappa shape index (κ2) is 5.71. The Morgan fingerprint density at radius 1 is 1.16 bits per heavy atom. The molecular weight excluding hydrogens is 262 g/mol. The summed E-state index contributed by atoms with van der Waals surface area (Å²) >= 11 is 6.09. The van der Waals surface area contributed by atoms with E-state index in [1.54, 1.807) is 6.20 Å². The Bertz CT molecular complexity index is 599. The molecule has 1 aromatic carbocycles. The largest absolute Gasteiger partial charge is 0.323 e. The van der Waals surface area contributed by atoms with Crippen LogP contribution in [-0.4, -0.2) is 11.0 Å². The monoisotopic (exact) mass is 275 g/mol. The molecule has 19 heavy (non-hydrogen) atoms. The van der Waals surface area contributed by atoms with Crippen molar-refractivity contribution in [1.29, 1.82) is 0 Å². The van der Waals surface area contributed by atoms with Crippen molar-refractivity contribution in [2.75, 3.05) is 10.6 Å². The molecule has 0 atom stereocenters. The summed E-state index contributed by atoms with van der Waals surface area (Å²) in [7, 11) is 0. The lowest BCUT2D eigenvalue weighted by atomic mass is 10.2. The first-order chi connectivity index (χ1) is 9.08. The van der Waals surface area contributed by atoms with Gasteiger partial charge in [0.1, 0.15) is 0 Å². The van der Waals surface area contributed by atoms with E-state index in [0.717, 1.165) is 16.9 Å². The van der Waals surface area contributed by atoms with Gasteiger partial charge in [-0.2, -0.15) is 0 Å². The van der Waals surface area contributed by atoms with Crippen LogP contribution in [0.25, 0.3) is 0 Å². The van der Waals surface area contributed by atoms with E-state index in [4.69, 9.17) is 11.6 Å². The number of para-hydroxylation sites is 1. The van der Waals surface area contributed by atoms with E-state index in [2.05, 4.69) is 15.6 Å². The molecule has 98 valence electrons. The van der Waals surface area contributed by atoms with Gasteiger partial charge in [-0.3, -0.25) is 4.98 Å². The predicted molar refractivity (Wildman–Crippen MR) is 77.8 cm³/mol. The number of urea groups is 1. The van der Waals surface area contributed by atoms with E-state index < -0.39 is 0 Å². The highest BCUT2D eigenvalue weighted by molar-refractivity contribution is 6.32. The third-order valence-corrected chi connectivity index (χ3v) is 3.28. The Morgan fingerprint density at radius 3 is 2.53 bits per heavy atom. The van der Waals surface area contributed by atoms with Gasteiger partial charge in [0.25, 0.3) is 0 Å². The fourth-order valence-electron chi connectivity index (χ4n) is 1.64. The number of aromatic nitrogens is 1. The number of hydrogen-bond donors (Lipinski definition) is 2. The molecule has 0 spiro atoms. The Balaban J connectivity index is 2.10. The maximum Gasteiger partial charge on any atom is 0.323 e. The molecule has 1 aromatic heterocycles. The predicted octanol–water partition coefficient (Wildman–Crippen LogP) is 4.00. The fraction of sp³-hybridized carbons (Fsp3) is 0.143. The van der Waals surface area contributed by atoms with E-state index in [-0.39, 0.29) is 6.03 Å². The lowest BCUT2D eigenvalue weighted by molar-refractivity contribution is 0.262. The first-order valence-electron chi connectivity index (χ1n) is 5.82. The number of pyridine rings is 1. The van der Waals surface area contributed by atoms with Gasteiger partial charge < -0.3 is 10.6 Å². The Kier molecular flexibility index (Phi) is 4.02. The van der Waals surface area contributed by atoms with Crippen LogP contribution in [0.3, 0.4) is 0 Å². The molecular formula is C14H14ClN3O. The van der Waals surface area contributed by atoms with Gasteiger partial charge in [-0.05, 0) is 31.5 Å². The Hall–Kier alpha value is -2.07. The summed E-state index contributed by atoms with van der Waals surface area (Å²) in [6.07, 6.45) is 1.60. The summed E-state index contributed by atoms with van der Waals surface area (Å²) in [5.74, 6) is 0. The highest BCUT2D eigenvalue weighted by Crippen LogP contribution is 2.24. The number of nitrogens with one attached hydrogen (secondary N) is 2. The van der Waals surface area contributed by atoms with Crippen LogP contribution >= 0.6 is 11.6 Å². The average molecular weight is 276 g/mol. The molecule has 0 fully saturated rings. The molecule has 0 bridgehead atoms. The molecule has 5 heteroatoms. The molecule has 0 unspecified atom stereocenters. The summed E-state index contributed by atoms with van der Waals surface area (Å²) in [6.45, 7) is 3.66. The van der Waals surface area contributed by atoms with Crippen LogP contribution < -0.4 is 10.6 Å². The third kappa shape index (κ3) is 3.23. The topological polar surface area (TPSA) is 54.0 Å². The molecule has 4 nitrogen and oxygen atoms in total. The number of halogens is 1. The molecule has 0 saturated carbocycles. The van der Waals surface area contributed by atoms with Crippen LogP contribution in [0.4, 0.5) is 16.2 Å². The zero-order valence-electron chi connectivity index (χ0n) is 10.7. The minimum atomic E-state index is -0.323. The second-order valence-corrected chi connectivity index (χ2v) is 4.52. The SMILES string of the molecule is Cc1ncc(NC(=O)Nc2ccccc2)c(C)c1Cl. The standard InChI is InChI=1S/C14H14ClN3O/c1-9-12(8-16-10(2)13(9)15)18-14(19)17-11-6-4-3-5-7-11/h3-8H,1-2H3,(H2,17,18,19). The van der Waals surface area contributed by atoms with E-state index in [1.165, 1.54) is 0 Å². The Labute approximate surface area is 116 Å². The van der Waals surface area contributed by atoms with Crippen molar-refractivity contribution in [2.45, 2.75) is 13.8 Å². The zero-order valence-corrected chi connectivity index (χ0v) is 11.5. The van der Waals surface area contributed by atoms with Gasteiger partial charge in [-0.25, -0.2) is 4.79 Å². The van der Waals surface area contributed by atoms with Gasteiger partial charge >= 0.3 is 6.03 Å². The fourth-order valence-corrected chi connectivity index (χ4v) is 1.79. The molecule has 0 aliphatic carbocycles. The minimum Gasteiger partial charge on any atom is -0.308 e. The van der Waals surface area contributed by atoms with Gasteiger partial charge in [-0.1, -0.05) is 29.8 Å². The van der Waals surface area contributed by atoms with E-state index >= 15 is 0 Å². The second-order valence-electron chi connectivity index (χ2n) is 4.14. The van der Waals surface area contributed by atoms with Gasteiger partial charge in [-0.15, -0.1) is 0 Å². The number of hydrogen-bond acceptors (Lipinski definition) is 2. The van der Waals surface area contributed by atoms with E-state index in [0.29, 0.717) is 10.7 Å². The molecule has 0 aliphatic heterocycles. The lowest BCUT2D eigenvalue weighted by Crippen LogP contribution is -2.20.